The summed E-state index contributed by atoms with van der Waals surface area (Å²) in [6.45, 7) is 10.4. The summed E-state index contributed by atoms with van der Waals surface area (Å²) in [5, 5.41) is 13.4. The van der Waals surface area contributed by atoms with Crippen LogP contribution in [-0.2, 0) is 9.84 Å². The highest BCUT2D eigenvalue weighted by Crippen LogP contribution is 2.16. The molecule has 0 rings (SSSR count). The van der Waals surface area contributed by atoms with E-state index in [1.165, 1.54) is 0 Å². The van der Waals surface area contributed by atoms with Crippen LogP contribution >= 0.6 is 0 Å². The van der Waals surface area contributed by atoms with E-state index in [2.05, 4.69) is 26.1 Å². The summed E-state index contributed by atoms with van der Waals surface area (Å²) in [6.07, 6.45) is 1.50. The molecule has 0 bridgehead atoms. The minimum atomic E-state index is -3.00. The second-order valence-electron chi connectivity index (χ2n) is 6.33. The van der Waals surface area contributed by atoms with Gasteiger partial charge in [-0.15, -0.1) is 0 Å². The predicted octanol–water partition coefficient (Wildman–Crippen LogP) is 1.73. The van der Waals surface area contributed by atoms with Crippen LogP contribution in [0.3, 0.4) is 0 Å². The maximum Gasteiger partial charge on any atom is 0.150 e. The standard InChI is InChI=1S/C13H29NO3S/c1-6-10-18(16,17)11-8-13(5,15)7-9-14-12(2,3)4/h14-15H,6-11H2,1-5H3. The van der Waals surface area contributed by atoms with Crippen molar-refractivity contribution in [1.82, 2.24) is 5.32 Å². The first-order valence-electron chi connectivity index (χ1n) is 6.65. The van der Waals surface area contributed by atoms with Crippen LogP contribution in [-0.4, -0.2) is 42.7 Å². The summed E-state index contributed by atoms with van der Waals surface area (Å²) in [6, 6.07) is 0. The molecule has 0 aliphatic carbocycles. The van der Waals surface area contributed by atoms with Gasteiger partial charge in [-0.1, -0.05) is 6.92 Å². The fraction of sp³-hybridized carbons (Fsp3) is 1.00. The summed E-state index contributed by atoms with van der Waals surface area (Å²) in [7, 11) is -3.00. The minimum absolute atomic E-state index is 0.0182. The molecule has 110 valence electrons. The van der Waals surface area contributed by atoms with Gasteiger partial charge < -0.3 is 10.4 Å². The van der Waals surface area contributed by atoms with Crippen LogP contribution in [0.2, 0.25) is 0 Å². The normalized spacial score (nSPS) is 16.6. The van der Waals surface area contributed by atoms with Crippen LogP contribution in [0.4, 0.5) is 0 Å². The molecule has 4 nitrogen and oxygen atoms in total. The average Bonchev–Trinajstić information content (AvgIpc) is 2.13. The lowest BCUT2D eigenvalue weighted by Crippen LogP contribution is -2.40. The largest absolute Gasteiger partial charge is 0.390 e. The molecule has 0 fully saturated rings. The van der Waals surface area contributed by atoms with Crippen molar-refractivity contribution in [3.8, 4) is 0 Å². The van der Waals surface area contributed by atoms with Gasteiger partial charge in [0.15, 0.2) is 0 Å². The van der Waals surface area contributed by atoms with E-state index in [1.54, 1.807) is 6.92 Å². The van der Waals surface area contributed by atoms with Crippen molar-refractivity contribution in [3.05, 3.63) is 0 Å². The van der Waals surface area contributed by atoms with Crippen LogP contribution < -0.4 is 5.32 Å². The van der Waals surface area contributed by atoms with Gasteiger partial charge in [0, 0.05) is 11.3 Å². The first-order valence-corrected chi connectivity index (χ1v) is 8.47. The lowest BCUT2D eigenvalue weighted by molar-refractivity contribution is 0.0464. The van der Waals surface area contributed by atoms with Crippen LogP contribution in [0, 0.1) is 0 Å². The Morgan fingerprint density at radius 3 is 2.06 bits per heavy atom. The van der Waals surface area contributed by atoms with Crippen molar-refractivity contribution >= 4 is 9.84 Å². The van der Waals surface area contributed by atoms with E-state index >= 15 is 0 Å². The molecule has 0 aliphatic heterocycles. The van der Waals surface area contributed by atoms with Gasteiger partial charge in [0.25, 0.3) is 0 Å². The van der Waals surface area contributed by atoms with Crippen LogP contribution in [0.1, 0.15) is 53.9 Å². The van der Waals surface area contributed by atoms with Crippen LogP contribution in [0.15, 0.2) is 0 Å². The first kappa shape index (κ1) is 17.9. The number of rotatable bonds is 8. The van der Waals surface area contributed by atoms with Crippen LogP contribution in [0.25, 0.3) is 0 Å². The Bertz CT molecular complexity index is 329. The summed E-state index contributed by atoms with van der Waals surface area (Å²) in [5.41, 5.74) is -0.899. The van der Waals surface area contributed by atoms with Gasteiger partial charge in [-0.2, -0.15) is 0 Å². The third kappa shape index (κ3) is 9.85. The zero-order chi connectivity index (χ0) is 14.4. The number of nitrogens with one attached hydrogen (secondary N) is 1. The van der Waals surface area contributed by atoms with E-state index in [9.17, 15) is 13.5 Å². The first-order chi connectivity index (χ1) is 7.97. The summed E-state index contributed by atoms with van der Waals surface area (Å²) in [4.78, 5) is 0. The Kier molecular flexibility index (Phi) is 6.82. The van der Waals surface area contributed by atoms with Crippen molar-refractivity contribution in [2.45, 2.75) is 65.0 Å². The Morgan fingerprint density at radius 2 is 1.61 bits per heavy atom. The highest BCUT2D eigenvalue weighted by atomic mass is 32.2. The fourth-order valence-electron chi connectivity index (χ4n) is 1.62. The van der Waals surface area contributed by atoms with Crippen molar-refractivity contribution in [1.29, 1.82) is 0 Å². The molecule has 0 aliphatic rings. The highest BCUT2D eigenvalue weighted by molar-refractivity contribution is 7.91. The SMILES string of the molecule is CCCS(=O)(=O)CCC(C)(O)CCNC(C)(C)C. The molecule has 0 heterocycles. The molecule has 18 heavy (non-hydrogen) atoms. The predicted molar refractivity (Wildman–Crippen MR) is 76.6 cm³/mol. The Hall–Kier alpha value is -0.130. The molecule has 5 heteroatoms. The second-order valence-corrected chi connectivity index (χ2v) is 8.63. The van der Waals surface area contributed by atoms with Gasteiger partial charge in [0.05, 0.1) is 11.4 Å². The number of sulfone groups is 1. The second kappa shape index (κ2) is 6.87. The molecule has 0 amide bonds. The third-order valence-electron chi connectivity index (χ3n) is 2.79. The van der Waals surface area contributed by atoms with Crippen molar-refractivity contribution in [3.63, 3.8) is 0 Å². The zero-order valence-corrected chi connectivity index (χ0v) is 13.2. The molecule has 0 aromatic carbocycles. The molecule has 1 unspecified atom stereocenters. The quantitative estimate of drug-likeness (QED) is 0.710. The number of hydrogen-bond donors (Lipinski definition) is 2. The smallest absolute Gasteiger partial charge is 0.150 e. The van der Waals surface area contributed by atoms with Gasteiger partial charge in [-0.05, 0) is 53.5 Å². The molecular formula is C13H29NO3S. The Labute approximate surface area is 112 Å². The van der Waals surface area contributed by atoms with Gasteiger partial charge in [0.1, 0.15) is 9.84 Å². The van der Waals surface area contributed by atoms with E-state index < -0.39 is 15.4 Å². The summed E-state index contributed by atoms with van der Waals surface area (Å²) >= 11 is 0. The van der Waals surface area contributed by atoms with Crippen LogP contribution in [0.5, 0.6) is 0 Å². The maximum absolute atomic E-state index is 11.6. The Balaban J connectivity index is 4.08. The average molecular weight is 279 g/mol. The lowest BCUT2D eigenvalue weighted by atomic mass is 9.98. The van der Waals surface area contributed by atoms with E-state index in [4.69, 9.17) is 0 Å². The topological polar surface area (TPSA) is 66.4 Å². The maximum atomic E-state index is 11.6. The van der Waals surface area contributed by atoms with Gasteiger partial charge in [-0.25, -0.2) is 8.42 Å². The molecule has 0 saturated carbocycles. The van der Waals surface area contributed by atoms with E-state index in [1.807, 2.05) is 6.92 Å². The molecule has 0 radical (unpaired) electrons. The number of aliphatic hydroxyl groups is 1. The number of hydrogen-bond acceptors (Lipinski definition) is 4. The third-order valence-corrected chi connectivity index (χ3v) is 4.64. The molecule has 0 spiro atoms. The van der Waals surface area contributed by atoms with Gasteiger partial charge >= 0.3 is 0 Å². The lowest BCUT2D eigenvalue weighted by Gasteiger charge is -2.27. The fourth-order valence-corrected chi connectivity index (χ4v) is 3.20. The minimum Gasteiger partial charge on any atom is -0.390 e. The summed E-state index contributed by atoms with van der Waals surface area (Å²) < 4.78 is 23.2. The van der Waals surface area contributed by atoms with Crippen molar-refractivity contribution < 1.29 is 13.5 Å². The zero-order valence-electron chi connectivity index (χ0n) is 12.4. The molecule has 0 aromatic rings. The molecule has 2 N–H and O–H groups in total. The molecular weight excluding hydrogens is 250 g/mol. The van der Waals surface area contributed by atoms with Gasteiger partial charge in [-0.3, -0.25) is 0 Å². The molecule has 1 atom stereocenters. The molecule has 0 saturated heterocycles. The monoisotopic (exact) mass is 279 g/mol. The van der Waals surface area contributed by atoms with Crippen molar-refractivity contribution in [2.24, 2.45) is 0 Å². The van der Waals surface area contributed by atoms with E-state index in [0.29, 0.717) is 25.8 Å². The highest BCUT2D eigenvalue weighted by Gasteiger charge is 2.24. The molecule has 0 aromatic heterocycles. The van der Waals surface area contributed by atoms with E-state index in [0.717, 1.165) is 0 Å². The van der Waals surface area contributed by atoms with E-state index in [-0.39, 0.29) is 17.0 Å². The van der Waals surface area contributed by atoms with Gasteiger partial charge in [0.2, 0.25) is 0 Å². The summed E-state index contributed by atoms with van der Waals surface area (Å²) in [5.74, 6) is 0.284. The van der Waals surface area contributed by atoms with Crippen molar-refractivity contribution in [2.75, 3.05) is 18.1 Å². The Morgan fingerprint density at radius 1 is 1.06 bits per heavy atom.